The van der Waals surface area contributed by atoms with Crippen LogP contribution in [0.1, 0.15) is 50.6 Å². The smallest absolute Gasteiger partial charge is 0.169 e. The summed E-state index contributed by atoms with van der Waals surface area (Å²) >= 11 is 0. The highest BCUT2D eigenvalue weighted by atomic mass is 19.1. The van der Waals surface area contributed by atoms with Crippen LogP contribution in [-0.2, 0) is 4.74 Å². The van der Waals surface area contributed by atoms with Gasteiger partial charge in [0.05, 0.1) is 18.8 Å². The van der Waals surface area contributed by atoms with Crippen molar-refractivity contribution in [3.05, 3.63) is 29.6 Å². The zero-order chi connectivity index (χ0) is 15.3. The van der Waals surface area contributed by atoms with Crippen LogP contribution in [0.2, 0.25) is 0 Å². The van der Waals surface area contributed by atoms with Crippen LogP contribution >= 0.6 is 0 Å². The lowest BCUT2D eigenvalue weighted by molar-refractivity contribution is -0.0376. The second kappa shape index (κ2) is 7.23. The Morgan fingerprint density at radius 2 is 2.00 bits per heavy atom. The Morgan fingerprint density at radius 3 is 2.57 bits per heavy atom. The molecule has 21 heavy (non-hydrogen) atoms. The van der Waals surface area contributed by atoms with Gasteiger partial charge < -0.3 is 14.8 Å². The van der Waals surface area contributed by atoms with E-state index in [1.165, 1.54) is 7.11 Å². The molecule has 2 rings (SSSR count). The monoisotopic (exact) mass is 295 g/mol. The largest absolute Gasteiger partial charge is 0.494 e. The Hall–Kier alpha value is -1.13. The predicted octanol–water partition coefficient (Wildman–Crippen LogP) is 3.83. The Kier molecular flexibility index (Phi) is 5.59. The second-order valence-corrected chi connectivity index (χ2v) is 5.73. The van der Waals surface area contributed by atoms with Crippen molar-refractivity contribution in [3.63, 3.8) is 0 Å². The van der Waals surface area contributed by atoms with Gasteiger partial charge in [0.1, 0.15) is 0 Å². The van der Waals surface area contributed by atoms with Gasteiger partial charge in [0, 0.05) is 12.7 Å². The summed E-state index contributed by atoms with van der Waals surface area (Å²) in [6, 6.07) is 5.20. The van der Waals surface area contributed by atoms with E-state index < -0.39 is 0 Å². The summed E-state index contributed by atoms with van der Waals surface area (Å²) in [5, 5.41) is 3.49. The Balaban J connectivity index is 2.40. The third-order valence-corrected chi connectivity index (χ3v) is 4.51. The van der Waals surface area contributed by atoms with Gasteiger partial charge in [0.2, 0.25) is 0 Å². The fourth-order valence-electron chi connectivity index (χ4n) is 3.36. The first-order valence-corrected chi connectivity index (χ1v) is 7.79. The Morgan fingerprint density at radius 1 is 1.29 bits per heavy atom. The molecule has 1 unspecified atom stereocenters. The fraction of sp³-hybridized carbons (Fsp3) is 0.647. The van der Waals surface area contributed by atoms with Crippen LogP contribution in [0, 0.1) is 5.82 Å². The molecule has 4 heteroatoms. The molecule has 0 bridgehead atoms. The molecule has 0 aromatic heterocycles. The number of nitrogens with one attached hydrogen (secondary N) is 1. The normalized spacial score (nSPS) is 18.7. The molecular weight excluding hydrogens is 269 g/mol. The lowest BCUT2D eigenvalue weighted by Gasteiger charge is -2.37. The highest BCUT2D eigenvalue weighted by molar-refractivity contribution is 5.35. The molecule has 0 saturated heterocycles. The minimum Gasteiger partial charge on any atom is -0.494 e. The third kappa shape index (κ3) is 3.22. The highest BCUT2D eigenvalue weighted by Crippen LogP contribution is 2.44. The van der Waals surface area contributed by atoms with E-state index in [1.807, 2.05) is 12.1 Å². The van der Waals surface area contributed by atoms with Crippen LogP contribution in [-0.4, -0.2) is 26.4 Å². The molecule has 1 fully saturated rings. The van der Waals surface area contributed by atoms with Gasteiger partial charge >= 0.3 is 0 Å². The summed E-state index contributed by atoms with van der Waals surface area (Å²) in [6.45, 7) is 2.95. The zero-order valence-corrected chi connectivity index (χ0v) is 13.2. The van der Waals surface area contributed by atoms with E-state index in [2.05, 4.69) is 12.2 Å². The first-order chi connectivity index (χ1) is 10.2. The molecule has 0 radical (unpaired) electrons. The van der Waals surface area contributed by atoms with Gasteiger partial charge in [-0.25, -0.2) is 4.39 Å². The van der Waals surface area contributed by atoms with E-state index in [0.717, 1.165) is 38.6 Å². The summed E-state index contributed by atoms with van der Waals surface area (Å²) in [6.07, 6.45) is 5.18. The molecule has 1 aliphatic carbocycles. The molecule has 1 aromatic carbocycles. The molecule has 0 aliphatic heterocycles. The summed E-state index contributed by atoms with van der Waals surface area (Å²) in [5.41, 5.74) is 0.328. The minimum atomic E-state index is -0.317. The molecule has 0 amide bonds. The van der Waals surface area contributed by atoms with Crippen molar-refractivity contribution in [1.82, 2.24) is 5.32 Å². The van der Waals surface area contributed by atoms with Gasteiger partial charge in [0.25, 0.3) is 0 Å². The van der Waals surface area contributed by atoms with Crippen molar-refractivity contribution in [1.29, 1.82) is 0 Å². The van der Waals surface area contributed by atoms with Crippen molar-refractivity contribution >= 4 is 0 Å². The number of rotatable bonds is 7. The van der Waals surface area contributed by atoms with E-state index >= 15 is 0 Å². The number of hydrogen-bond acceptors (Lipinski definition) is 3. The average molecular weight is 295 g/mol. The topological polar surface area (TPSA) is 30.5 Å². The maximum atomic E-state index is 14.7. The van der Waals surface area contributed by atoms with Gasteiger partial charge in [-0.2, -0.15) is 0 Å². The molecule has 1 N–H and O–H groups in total. The highest BCUT2D eigenvalue weighted by Gasteiger charge is 2.43. The van der Waals surface area contributed by atoms with Crippen LogP contribution in [0.3, 0.4) is 0 Å². The van der Waals surface area contributed by atoms with Gasteiger partial charge in [-0.15, -0.1) is 0 Å². The average Bonchev–Trinajstić information content (AvgIpc) is 2.99. The van der Waals surface area contributed by atoms with E-state index in [0.29, 0.717) is 11.3 Å². The number of hydrogen-bond donors (Lipinski definition) is 1. The maximum Gasteiger partial charge on any atom is 0.169 e. The molecule has 1 atom stereocenters. The summed E-state index contributed by atoms with van der Waals surface area (Å²) < 4.78 is 25.7. The molecule has 118 valence electrons. The summed E-state index contributed by atoms with van der Waals surface area (Å²) in [4.78, 5) is 0. The predicted molar refractivity (Wildman–Crippen MR) is 82.2 cm³/mol. The van der Waals surface area contributed by atoms with Gasteiger partial charge in [-0.1, -0.05) is 31.9 Å². The van der Waals surface area contributed by atoms with Crippen LogP contribution in [0.25, 0.3) is 0 Å². The Labute approximate surface area is 126 Å². The molecule has 3 nitrogen and oxygen atoms in total. The van der Waals surface area contributed by atoms with Crippen molar-refractivity contribution in [2.24, 2.45) is 0 Å². The Bertz CT molecular complexity index is 458. The van der Waals surface area contributed by atoms with Crippen LogP contribution in [0.4, 0.5) is 4.39 Å². The standard InChI is InChI=1S/C17H26FNO2/c1-4-12-19-16(17(21-3)10-5-6-11-17)13-8-7-9-14(20-2)15(13)18/h7-9,16,19H,4-6,10-12H2,1-3H3. The fourth-order valence-corrected chi connectivity index (χ4v) is 3.36. The van der Waals surface area contributed by atoms with Gasteiger partial charge in [-0.3, -0.25) is 0 Å². The second-order valence-electron chi connectivity index (χ2n) is 5.73. The first-order valence-electron chi connectivity index (χ1n) is 7.79. The summed E-state index contributed by atoms with van der Waals surface area (Å²) in [7, 11) is 3.24. The number of ether oxygens (including phenoxy) is 2. The quantitative estimate of drug-likeness (QED) is 0.829. The zero-order valence-electron chi connectivity index (χ0n) is 13.2. The van der Waals surface area contributed by atoms with E-state index in [-0.39, 0.29) is 17.5 Å². The lowest BCUT2D eigenvalue weighted by atomic mass is 9.86. The number of benzene rings is 1. The molecular formula is C17H26FNO2. The molecule has 1 saturated carbocycles. The molecule has 0 spiro atoms. The van der Waals surface area contributed by atoms with Crippen LogP contribution in [0.5, 0.6) is 5.75 Å². The lowest BCUT2D eigenvalue weighted by Crippen LogP contribution is -2.44. The third-order valence-electron chi connectivity index (χ3n) is 4.51. The van der Waals surface area contributed by atoms with E-state index in [4.69, 9.17) is 9.47 Å². The first kappa shape index (κ1) is 16.2. The SMILES string of the molecule is CCCNC(c1cccc(OC)c1F)C1(OC)CCCC1. The summed E-state index contributed by atoms with van der Waals surface area (Å²) in [5.74, 6) is 0.0111. The number of methoxy groups -OCH3 is 2. The minimum absolute atomic E-state index is 0.139. The van der Waals surface area contributed by atoms with Crippen LogP contribution < -0.4 is 10.1 Å². The van der Waals surface area contributed by atoms with Gasteiger partial charge in [0.15, 0.2) is 11.6 Å². The van der Waals surface area contributed by atoms with Crippen molar-refractivity contribution in [3.8, 4) is 5.75 Å². The van der Waals surface area contributed by atoms with Crippen molar-refractivity contribution in [2.45, 2.75) is 50.7 Å². The van der Waals surface area contributed by atoms with Crippen molar-refractivity contribution in [2.75, 3.05) is 20.8 Å². The maximum absolute atomic E-state index is 14.7. The van der Waals surface area contributed by atoms with Crippen molar-refractivity contribution < 1.29 is 13.9 Å². The van der Waals surface area contributed by atoms with Crippen LogP contribution in [0.15, 0.2) is 18.2 Å². The van der Waals surface area contributed by atoms with Gasteiger partial charge in [-0.05, 0) is 31.9 Å². The van der Waals surface area contributed by atoms with E-state index in [1.54, 1.807) is 13.2 Å². The molecule has 1 aliphatic rings. The molecule has 1 aromatic rings. The molecule has 0 heterocycles. The van der Waals surface area contributed by atoms with E-state index in [9.17, 15) is 4.39 Å². The number of halogens is 1.